The summed E-state index contributed by atoms with van der Waals surface area (Å²) in [7, 11) is -3.45. The van der Waals surface area contributed by atoms with Crippen LogP contribution in [-0.2, 0) is 9.84 Å². The van der Waals surface area contributed by atoms with Crippen LogP contribution in [0, 0.1) is 5.92 Å². The first-order valence-electron chi connectivity index (χ1n) is 11.3. The van der Waals surface area contributed by atoms with Gasteiger partial charge in [-0.2, -0.15) is 4.98 Å². The van der Waals surface area contributed by atoms with Crippen LogP contribution in [0.2, 0.25) is 0 Å². The van der Waals surface area contributed by atoms with Crippen molar-refractivity contribution in [3.8, 4) is 16.5 Å². The molecule has 4 aromatic rings. The molecule has 1 aliphatic rings. The first-order valence-corrected chi connectivity index (χ1v) is 14.0. The first-order chi connectivity index (χ1) is 16.7. The Kier molecular flexibility index (Phi) is 6.17. The third kappa shape index (κ3) is 4.98. The van der Waals surface area contributed by atoms with E-state index in [1.165, 1.54) is 23.7 Å². The summed E-state index contributed by atoms with van der Waals surface area (Å²) in [6.45, 7) is 7.83. The van der Waals surface area contributed by atoms with Gasteiger partial charge in [0.05, 0.1) is 11.9 Å². The van der Waals surface area contributed by atoms with Gasteiger partial charge in [-0.3, -0.25) is 0 Å². The van der Waals surface area contributed by atoms with E-state index in [0.29, 0.717) is 33.3 Å². The van der Waals surface area contributed by atoms with Gasteiger partial charge < -0.3 is 14.2 Å². The van der Waals surface area contributed by atoms with E-state index in [0.717, 1.165) is 38.0 Å². The number of hydrogen-bond donors (Lipinski definition) is 0. The molecular formula is C21H26N8O4S2. The highest BCUT2D eigenvalue weighted by atomic mass is 32.2. The van der Waals surface area contributed by atoms with Gasteiger partial charge in [-0.15, -0.1) is 5.10 Å². The lowest BCUT2D eigenvalue weighted by atomic mass is 9.92. The molecule has 1 atom stereocenters. The highest BCUT2D eigenvalue weighted by Gasteiger charge is 2.28. The number of aromatic nitrogens is 7. The number of ether oxygens (including phenoxy) is 1. The average molecular weight is 519 g/mol. The van der Waals surface area contributed by atoms with E-state index in [1.807, 2.05) is 13.8 Å². The van der Waals surface area contributed by atoms with Crippen molar-refractivity contribution < 1.29 is 17.7 Å². The molecule has 5 heterocycles. The van der Waals surface area contributed by atoms with E-state index in [2.05, 4.69) is 42.0 Å². The van der Waals surface area contributed by atoms with Gasteiger partial charge in [-0.1, -0.05) is 19.0 Å². The van der Waals surface area contributed by atoms with Crippen LogP contribution >= 0.6 is 11.3 Å². The molecule has 0 amide bonds. The summed E-state index contributed by atoms with van der Waals surface area (Å²) in [5.41, 5.74) is 1.22. The fourth-order valence-corrected chi connectivity index (χ4v) is 5.22. The number of sulfone groups is 1. The van der Waals surface area contributed by atoms with Gasteiger partial charge >= 0.3 is 6.01 Å². The molecule has 14 heteroatoms. The summed E-state index contributed by atoms with van der Waals surface area (Å²) in [6.07, 6.45) is 7.61. The van der Waals surface area contributed by atoms with Crippen molar-refractivity contribution in [2.45, 2.75) is 50.8 Å². The van der Waals surface area contributed by atoms with Crippen molar-refractivity contribution in [3.05, 3.63) is 24.4 Å². The normalized spacial score (nSPS) is 16.3. The molecule has 5 rings (SSSR count). The lowest BCUT2D eigenvalue weighted by molar-refractivity contribution is 0.130. The Bertz CT molecular complexity index is 1390. The second-order valence-corrected chi connectivity index (χ2v) is 11.8. The van der Waals surface area contributed by atoms with E-state index >= 15 is 0 Å². The second-order valence-electron chi connectivity index (χ2n) is 8.99. The Balaban J connectivity index is 1.19. The van der Waals surface area contributed by atoms with Gasteiger partial charge in [-0.25, -0.2) is 27.9 Å². The molecule has 0 aromatic carbocycles. The molecule has 0 saturated carbocycles. The van der Waals surface area contributed by atoms with Crippen LogP contribution in [0.5, 0.6) is 5.19 Å². The van der Waals surface area contributed by atoms with E-state index in [1.54, 1.807) is 10.7 Å². The van der Waals surface area contributed by atoms with Crippen molar-refractivity contribution in [3.63, 3.8) is 0 Å². The monoisotopic (exact) mass is 518 g/mol. The predicted molar refractivity (Wildman–Crippen MR) is 128 cm³/mol. The van der Waals surface area contributed by atoms with Crippen molar-refractivity contribution >= 4 is 32.1 Å². The van der Waals surface area contributed by atoms with E-state index in [4.69, 9.17) is 9.26 Å². The SMILES string of the molecule is CC(C)c1noc(N2CCC(C(C)Oc3nn4cc(-c5cnc(S(C)(=O)=O)nc5)nc4s3)CC2)n1. The molecule has 0 spiro atoms. The van der Waals surface area contributed by atoms with Crippen molar-refractivity contribution in [1.29, 1.82) is 0 Å². The predicted octanol–water partition coefficient (Wildman–Crippen LogP) is 2.84. The average Bonchev–Trinajstić information content (AvgIpc) is 3.54. The highest BCUT2D eigenvalue weighted by Crippen LogP contribution is 2.30. The second kappa shape index (κ2) is 9.15. The molecule has 1 fully saturated rings. The Morgan fingerprint density at radius 3 is 2.46 bits per heavy atom. The van der Waals surface area contributed by atoms with Gasteiger partial charge in [0.2, 0.25) is 20.0 Å². The van der Waals surface area contributed by atoms with Gasteiger partial charge in [0, 0.05) is 43.2 Å². The Labute approximate surface area is 206 Å². The fourth-order valence-electron chi connectivity index (χ4n) is 3.91. The smallest absolute Gasteiger partial charge is 0.324 e. The lowest BCUT2D eigenvalue weighted by Crippen LogP contribution is -2.38. The summed E-state index contributed by atoms with van der Waals surface area (Å²) >= 11 is 1.35. The molecule has 4 aromatic heterocycles. The van der Waals surface area contributed by atoms with Gasteiger partial charge in [0.25, 0.3) is 5.19 Å². The quantitative estimate of drug-likeness (QED) is 0.333. The summed E-state index contributed by atoms with van der Waals surface area (Å²) in [6, 6.07) is 0.592. The van der Waals surface area contributed by atoms with Crippen molar-refractivity contribution in [2.24, 2.45) is 5.92 Å². The minimum Gasteiger partial charge on any atom is -0.466 e. The fraction of sp³-hybridized carbons (Fsp3) is 0.524. The zero-order valence-electron chi connectivity index (χ0n) is 19.8. The molecule has 0 radical (unpaired) electrons. The minimum atomic E-state index is -3.45. The number of rotatable bonds is 7. The van der Waals surface area contributed by atoms with Crippen molar-refractivity contribution in [2.75, 3.05) is 24.2 Å². The molecule has 1 saturated heterocycles. The number of fused-ring (bicyclic) bond motifs is 1. The highest BCUT2D eigenvalue weighted by molar-refractivity contribution is 7.90. The van der Waals surface area contributed by atoms with Gasteiger partial charge in [0.15, 0.2) is 5.82 Å². The standard InChI is InChI=1S/C21H26N8O4S2/c1-12(2)17-25-19(33-27-17)28-7-5-14(6-8-28)13(3)32-21-26-29-11-16(24-20(29)34-21)15-9-22-18(23-10-15)35(4,30)31/h9-14H,5-8H2,1-4H3. The molecule has 35 heavy (non-hydrogen) atoms. The van der Waals surface area contributed by atoms with E-state index in [9.17, 15) is 8.42 Å². The molecule has 0 N–H and O–H groups in total. The third-order valence-electron chi connectivity index (χ3n) is 5.99. The topological polar surface area (TPSA) is 142 Å². The molecule has 1 aliphatic heterocycles. The van der Waals surface area contributed by atoms with Crippen molar-refractivity contribution in [1.82, 2.24) is 34.7 Å². The van der Waals surface area contributed by atoms with Crippen LogP contribution in [0.1, 0.15) is 45.4 Å². The Morgan fingerprint density at radius 2 is 1.86 bits per heavy atom. The maximum absolute atomic E-state index is 11.5. The molecule has 12 nitrogen and oxygen atoms in total. The Morgan fingerprint density at radius 1 is 1.14 bits per heavy atom. The maximum Gasteiger partial charge on any atom is 0.324 e. The molecule has 1 unspecified atom stereocenters. The molecule has 0 bridgehead atoms. The maximum atomic E-state index is 11.5. The minimum absolute atomic E-state index is 0.00155. The van der Waals surface area contributed by atoms with Crippen LogP contribution in [0.4, 0.5) is 6.01 Å². The zero-order valence-corrected chi connectivity index (χ0v) is 21.5. The Hall–Kier alpha value is -3.13. The van der Waals surface area contributed by atoms with E-state index in [-0.39, 0.29) is 17.2 Å². The van der Waals surface area contributed by atoms with Crippen LogP contribution in [0.25, 0.3) is 16.2 Å². The van der Waals surface area contributed by atoms with Gasteiger partial charge in [0.1, 0.15) is 6.10 Å². The summed E-state index contributed by atoms with van der Waals surface area (Å²) < 4.78 is 36.3. The lowest BCUT2D eigenvalue weighted by Gasteiger charge is -2.33. The van der Waals surface area contributed by atoms with E-state index < -0.39 is 9.84 Å². The third-order valence-corrected chi connectivity index (χ3v) is 7.68. The van der Waals surface area contributed by atoms with Gasteiger partial charge in [-0.05, 0) is 37.0 Å². The van der Waals surface area contributed by atoms with Crippen LogP contribution in [0.15, 0.2) is 28.3 Å². The number of anilines is 1. The summed E-state index contributed by atoms with van der Waals surface area (Å²) in [4.78, 5) is 19.7. The largest absolute Gasteiger partial charge is 0.466 e. The summed E-state index contributed by atoms with van der Waals surface area (Å²) in [5.74, 6) is 1.35. The number of nitrogens with zero attached hydrogens (tertiary/aromatic N) is 8. The molecule has 186 valence electrons. The molecule has 0 aliphatic carbocycles. The zero-order chi connectivity index (χ0) is 24.7. The van der Waals surface area contributed by atoms with Crippen LogP contribution in [-0.4, -0.2) is 68.6 Å². The number of hydrogen-bond acceptors (Lipinski definition) is 12. The van der Waals surface area contributed by atoms with Crippen LogP contribution in [0.3, 0.4) is 0 Å². The van der Waals surface area contributed by atoms with Crippen LogP contribution < -0.4 is 9.64 Å². The number of imidazole rings is 1. The number of piperidine rings is 1. The molecular weight excluding hydrogens is 492 g/mol. The summed E-state index contributed by atoms with van der Waals surface area (Å²) in [5, 5.41) is 8.90. The first kappa shape index (κ1) is 23.6.